The smallest absolute Gasteiger partial charge is 0.253 e. The van der Waals surface area contributed by atoms with Crippen LogP contribution in [0.2, 0.25) is 0 Å². The summed E-state index contributed by atoms with van der Waals surface area (Å²) in [6.07, 6.45) is 3.41. The number of halogens is 2. The molecule has 7 heteroatoms. The predicted octanol–water partition coefficient (Wildman–Crippen LogP) is 4.37. The van der Waals surface area contributed by atoms with Crippen LogP contribution in [0.3, 0.4) is 0 Å². The average molecular weight is 424 g/mol. The molecule has 3 aromatic rings. The van der Waals surface area contributed by atoms with Crippen LogP contribution in [0.15, 0.2) is 53.1 Å². The van der Waals surface area contributed by atoms with Crippen LogP contribution < -0.4 is 0 Å². The van der Waals surface area contributed by atoms with E-state index in [1.807, 2.05) is 12.1 Å². The Morgan fingerprint density at radius 3 is 2.58 bits per heavy atom. The fraction of sp³-hybridized carbons (Fsp3) is 0.333. The number of furan rings is 1. The predicted molar refractivity (Wildman–Crippen MR) is 110 cm³/mol. The van der Waals surface area contributed by atoms with Crippen LogP contribution in [0.5, 0.6) is 0 Å². The van der Waals surface area contributed by atoms with Crippen LogP contribution in [-0.4, -0.2) is 41.2 Å². The molecule has 0 aliphatic carbocycles. The zero-order valence-electron chi connectivity index (χ0n) is 16.9. The lowest BCUT2D eigenvalue weighted by Crippen LogP contribution is -2.46. The van der Waals surface area contributed by atoms with E-state index in [1.54, 1.807) is 28.2 Å². The van der Waals surface area contributed by atoms with Gasteiger partial charge in [0.25, 0.3) is 5.91 Å². The Kier molecular flexibility index (Phi) is 4.76. The maximum atomic E-state index is 14.0. The van der Waals surface area contributed by atoms with E-state index < -0.39 is 17.0 Å². The summed E-state index contributed by atoms with van der Waals surface area (Å²) in [7, 11) is 0. The van der Waals surface area contributed by atoms with E-state index >= 15 is 0 Å². The minimum absolute atomic E-state index is 0.0275. The molecule has 5 rings (SSSR count). The van der Waals surface area contributed by atoms with Crippen molar-refractivity contribution in [3.63, 3.8) is 0 Å². The van der Waals surface area contributed by atoms with Gasteiger partial charge in [0.2, 0.25) is 5.91 Å². The van der Waals surface area contributed by atoms with Gasteiger partial charge in [-0.1, -0.05) is 6.07 Å². The normalized spacial score (nSPS) is 18.3. The Morgan fingerprint density at radius 2 is 1.77 bits per heavy atom. The summed E-state index contributed by atoms with van der Waals surface area (Å²) >= 11 is 0. The molecule has 31 heavy (non-hydrogen) atoms. The highest BCUT2D eigenvalue weighted by Gasteiger charge is 2.48. The Hall–Kier alpha value is -3.22. The third kappa shape index (κ3) is 3.48. The van der Waals surface area contributed by atoms with Gasteiger partial charge in [0.1, 0.15) is 17.2 Å². The highest BCUT2D eigenvalue weighted by atomic mass is 19.1. The number of hydrogen-bond acceptors (Lipinski definition) is 3. The van der Waals surface area contributed by atoms with Crippen molar-refractivity contribution in [1.82, 2.24) is 9.80 Å². The number of benzene rings is 2. The van der Waals surface area contributed by atoms with E-state index in [-0.39, 0.29) is 23.9 Å². The summed E-state index contributed by atoms with van der Waals surface area (Å²) in [5.74, 6) is -1.13. The first kappa shape index (κ1) is 19.7. The molecular weight excluding hydrogens is 402 g/mol. The van der Waals surface area contributed by atoms with Gasteiger partial charge in [-0.15, -0.1) is 0 Å². The Labute approximate surface area is 178 Å². The molecule has 2 amide bonds. The molecule has 0 radical (unpaired) electrons. The van der Waals surface area contributed by atoms with Gasteiger partial charge in [0.15, 0.2) is 0 Å². The molecule has 1 aromatic heterocycles. The number of carbonyl (C=O) groups excluding carboxylic acids is 2. The lowest BCUT2D eigenvalue weighted by Gasteiger charge is -2.38. The molecule has 0 N–H and O–H groups in total. The van der Waals surface area contributed by atoms with Crippen molar-refractivity contribution >= 4 is 22.8 Å². The number of fused-ring (bicyclic) bond motifs is 1. The Bertz CT molecular complexity index is 1160. The molecule has 2 aromatic carbocycles. The SMILES string of the molecule is O=C(c1ccc2ccoc2c1)N1CCC2(CC1)CCN(Cc1cc(F)ccc1F)C2=O. The summed E-state index contributed by atoms with van der Waals surface area (Å²) in [6.45, 7) is 1.56. The second kappa shape index (κ2) is 7.48. The van der Waals surface area contributed by atoms with E-state index in [4.69, 9.17) is 4.42 Å². The van der Waals surface area contributed by atoms with Crippen molar-refractivity contribution in [2.75, 3.05) is 19.6 Å². The van der Waals surface area contributed by atoms with Crippen LogP contribution in [0.1, 0.15) is 35.2 Å². The monoisotopic (exact) mass is 424 g/mol. The highest BCUT2D eigenvalue weighted by Crippen LogP contribution is 2.42. The average Bonchev–Trinajstić information content (AvgIpc) is 3.36. The Morgan fingerprint density at radius 1 is 1.00 bits per heavy atom. The van der Waals surface area contributed by atoms with E-state index in [2.05, 4.69) is 0 Å². The third-order valence-electron chi connectivity index (χ3n) is 6.68. The summed E-state index contributed by atoms with van der Waals surface area (Å²) in [5.41, 5.74) is 0.905. The van der Waals surface area contributed by atoms with Gasteiger partial charge in [-0.25, -0.2) is 8.78 Å². The Balaban J connectivity index is 1.25. The summed E-state index contributed by atoms with van der Waals surface area (Å²) in [6, 6.07) is 10.6. The van der Waals surface area contributed by atoms with E-state index in [0.29, 0.717) is 50.0 Å². The van der Waals surface area contributed by atoms with Gasteiger partial charge in [-0.2, -0.15) is 0 Å². The second-order valence-electron chi connectivity index (χ2n) is 8.46. The van der Waals surface area contributed by atoms with E-state index in [0.717, 1.165) is 23.6 Å². The molecule has 2 aliphatic heterocycles. The fourth-order valence-corrected chi connectivity index (χ4v) is 4.79. The van der Waals surface area contributed by atoms with E-state index in [1.165, 1.54) is 0 Å². The second-order valence-corrected chi connectivity index (χ2v) is 8.46. The minimum atomic E-state index is -0.522. The molecule has 2 saturated heterocycles. The summed E-state index contributed by atoms with van der Waals surface area (Å²) in [5, 5.41) is 0.945. The maximum absolute atomic E-state index is 14.0. The maximum Gasteiger partial charge on any atom is 0.253 e. The first-order valence-corrected chi connectivity index (χ1v) is 10.5. The van der Waals surface area contributed by atoms with Gasteiger partial charge < -0.3 is 14.2 Å². The number of carbonyl (C=O) groups is 2. The molecule has 0 unspecified atom stereocenters. The number of amides is 2. The third-order valence-corrected chi connectivity index (χ3v) is 6.68. The van der Waals surface area contributed by atoms with Crippen LogP contribution in [0.4, 0.5) is 8.78 Å². The zero-order chi connectivity index (χ0) is 21.6. The molecule has 0 atom stereocenters. The lowest BCUT2D eigenvalue weighted by molar-refractivity contribution is -0.138. The van der Waals surface area contributed by atoms with Crippen LogP contribution in [-0.2, 0) is 11.3 Å². The van der Waals surface area contributed by atoms with E-state index in [9.17, 15) is 18.4 Å². The highest BCUT2D eigenvalue weighted by molar-refractivity contribution is 5.97. The minimum Gasteiger partial charge on any atom is -0.464 e. The zero-order valence-corrected chi connectivity index (χ0v) is 16.9. The molecule has 2 aliphatic rings. The molecule has 0 bridgehead atoms. The van der Waals surface area contributed by atoms with Crippen molar-refractivity contribution in [3.8, 4) is 0 Å². The standard InChI is InChI=1S/C24H22F2N2O3/c25-19-3-4-20(26)18(13-19)15-28-11-8-24(23(28)30)6-9-27(10-7-24)22(29)17-2-1-16-5-12-31-21(16)14-17/h1-5,12-14H,6-11,15H2. The number of nitrogens with zero attached hydrogens (tertiary/aromatic N) is 2. The van der Waals surface area contributed by atoms with Gasteiger partial charge >= 0.3 is 0 Å². The van der Waals surface area contributed by atoms with Crippen molar-refractivity contribution in [3.05, 3.63) is 71.5 Å². The summed E-state index contributed by atoms with van der Waals surface area (Å²) < 4.78 is 32.9. The van der Waals surface area contributed by atoms with Gasteiger partial charge in [-0.3, -0.25) is 9.59 Å². The number of hydrogen-bond donors (Lipinski definition) is 0. The molecule has 1 spiro atoms. The number of piperidine rings is 1. The fourth-order valence-electron chi connectivity index (χ4n) is 4.79. The molecule has 160 valence electrons. The van der Waals surface area contributed by atoms with Gasteiger partial charge in [-0.05, 0) is 55.7 Å². The van der Waals surface area contributed by atoms with Crippen LogP contribution in [0.25, 0.3) is 11.0 Å². The van der Waals surface area contributed by atoms with Gasteiger partial charge in [0.05, 0.1) is 11.7 Å². The molecule has 0 saturated carbocycles. The lowest BCUT2D eigenvalue weighted by atomic mass is 9.77. The quantitative estimate of drug-likeness (QED) is 0.628. The number of likely N-dealkylation sites (tertiary alicyclic amines) is 2. The topological polar surface area (TPSA) is 53.8 Å². The first-order chi connectivity index (χ1) is 14.9. The van der Waals surface area contributed by atoms with Crippen molar-refractivity contribution < 1.29 is 22.8 Å². The van der Waals surface area contributed by atoms with Crippen LogP contribution >= 0.6 is 0 Å². The van der Waals surface area contributed by atoms with Crippen LogP contribution in [0, 0.1) is 17.0 Å². The van der Waals surface area contributed by atoms with Gasteiger partial charge in [0, 0.05) is 42.7 Å². The molecule has 2 fully saturated rings. The first-order valence-electron chi connectivity index (χ1n) is 10.5. The van der Waals surface area contributed by atoms with Crippen molar-refractivity contribution in [1.29, 1.82) is 0 Å². The molecule has 5 nitrogen and oxygen atoms in total. The van der Waals surface area contributed by atoms with Crippen molar-refractivity contribution in [2.45, 2.75) is 25.8 Å². The van der Waals surface area contributed by atoms with Crippen molar-refractivity contribution in [2.24, 2.45) is 5.41 Å². The molecule has 3 heterocycles. The largest absolute Gasteiger partial charge is 0.464 e. The summed E-state index contributed by atoms with van der Waals surface area (Å²) in [4.78, 5) is 29.5. The number of rotatable bonds is 3. The molecular formula is C24H22F2N2O3.